The van der Waals surface area contributed by atoms with Crippen molar-refractivity contribution in [2.45, 2.75) is 49.0 Å². The fourth-order valence-electron chi connectivity index (χ4n) is 4.89. The highest BCUT2D eigenvalue weighted by Crippen LogP contribution is 2.49. The molecule has 0 aromatic carbocycles. The normalized spacial score (nSPS) is 31.3. The molecule has 2 fully saturated rings. The third-order valence-corrected chi connectivity index (χ3v) is 7.95. The van der Waals surface area contributed by atoms with Gasteiger partial charge >= 0.3 is 7.82 Å². The maximum absolute atomic E-state index is 13.0. The quantitative estimate of drug-likeness (QED) is 0.0894. The van der Waals surface area contributed by atoms with Crippen LogP contribution in [0.2, 0.25) is 0 Å². The summed E-state index contributed by atoms with van der Waals surface area (Å²) in [6, 6.07) is -1.15. The van der Waals surface area contributed by atoms with Gasteiger partial charge in [-0.1, -0.05) is 0 Å². The van der Waals surface area contributed by atoms with Gasteiger partial charge in [-0.3, -0.25) is 28.0 Å². The third-order valence-electron chi connectivity index (χ3n) is 6.96. The number of nitrogens with two attached hydrogens (primary N) is 3. The van der Waals surface area contributed by atoms with Crippen LogP contribution in [0.1, 0.15) is 12.5 Å². The summed E-state index contributed by atoms with van der Waals surface area (Å²) in [6.45, 7) is -1.28. The smallest absolute Gasteiger partial charge is 0.394 e. The number of H-pyrrole nitrogens is 1. The van der Waals surface area contributed by atoms with E-state index in [0.717, 1.165) is 0 Å². The minimum absolute atomic E-state index is 0.0316. The monoisotopic (exact) mass is 611 g/mol. The Morgan fingerprint density at radius 1 is 1.00 bits per heavy atom. The lowest BCUT2D eigenvalue weighted by atomic mass is 10.1. The van der Waals surface area contributed by atoms with Gasteiger partial charge in [0.1, 0.15) is 42.4 Å². The topological polar surface area (TPSA) is 320 Å². The summed E-state index contributed by atoms with van der Waals surface area (Å²) in [7, 11) is -4.98. The minimum Gasteiger partial charge on any atom is -0.394 e. The van der Waals surface area contributed by atoms with Gasteiger partial charge in [-0.25, -0.2) is 24.5 Å². The number of ether oxygens (including phenoxy) is 2. The number of aromatic nitrogens is 8. The summed E-state index contributed by atoms with van der Waals surface area (Å²) in [4.78, 5) is 45.1. The van der Waals surface area contributed by atoms with Crippen LogP contribution in [-0.4, -0.2) is 109 Å². The fourth-order valence-corrected chi connectivity index (χ4v) is 5.84. The molecule has 21 nitrogen and oxygen atoms in total. The molecular formula is C20H26N11O10P. The van der Waals surface area contributed by atoms with E-state index in [9.17, 15) is 29.6 Å². The molecule has 42 heavy (non-hydrogen) atoms. The molecule has 1 unspecified atom stereocenters. The van der Waals surface area contributed by atoms with E-state index in [-0.39, 0.29) is 34.1 Å². The predicted octanol–water partition coefficient (Wildman–Crippen LogP) is -3.54. The van der Waals surface area contributed by atoms with E-state index in [1.807, 2.05) is 0 Å². The molecule has 0 aliphatic carbocycles. The number of phosphoric ester groups is 1. The highest BCUT2D eigenvalue weighted by molar-refractivity contribution is 7.47. The minimum atomic E-state index is -4.98. The Morgan fingerprint density at radius 2 is 1.69 bits per heavy atom. The number of aromatic amines is 1. The Hall–Kier alpha value is -3.63. The van der Waals surface area contributed by atoms with Crippen molar-refractivity contribution in [3.8, 4) is 0 Å². The van der Waals surface area contributed by atoms with Crippen LogP contribution >= 0.6 is 7.82 Å². The van der Waals surface area contributed by atoms with Gasteiger partial charge in [0.05, 0.1) is 31.9 Å². The number of fused-ring (bicyclic) bond motifs is 2. The predicted molar refractivity (Wildman–Crippen MR) is 138 cm³/mol. The molecule has 6 rings (SSSR count). The van der Waals surface area contributed by atoms with E-state index in [0.29, 0.717) is 0 Å². The molecule has 0 amide bonds. The number of aliphatic hydroxyl groups excluding tert-OH is 3. The number of nitrogen functional groups attached to an aromatic ring is 2. The molecule has 0 bridgehead atoms. The first-order chi connectivity index (χ1) is 20.0. The summed E-state index contributed by atoms with van der Waals surface area (Å²) >= 11 is 0. The summed E-state index contributed by atoms with van der Waals surface area (Å²) in [5.74, 6) is -0.130. The van der Waals surface area contributed by atoms with E-state index in [1.165, 1.54) is 28.1 Å². The van der Waals surface area contributed by atoms with E-state index in [4.69, 9.17) is 35.7 Å². The number of rotatable bonds is 8. The molecule has 4 aromatic rings. The Kier molecular flexibility index (Phi) is 7.17. The Labute approximate surface area is 233 Å². The number of hydrogen-bond acceptors (Lipinski definition) is 17. The zero-order chi connectivity index (χ0) is 29.9. The molecule has 6 heterocycles. The van der Waals surface area contributed by atoms with Crippen molar-refractivity contribution in [2.24, 2.45) is 5.73 Å². The van der Waals surface area contributed by atoms with E-state index >= 15 is 0 Å². The summed E-state index contributed by atoms with van der Waals surface area (Å²) in [5.41, 5.74) is 17.3. The number of aliphatic hydroxyl groups is 3. The second-order valence-corrected chi connectivity index (χ2v) is 11.0. The van der Waals surface area contributed by atoms with Crippen LogP contribution in [0.5, 0.6) is 0 Å². The average molecular weight is 611 g/mol. The van der Waals surface area contributed by atoms with Crippen LogP contribution < -0.4 is 22.8 Å². The van der Waals surface area contributed by atoms with Gasteiger partial charge in [0, 0.05) is 0 Å². The Morgan fingerprint density at radius 3 is 2.43 bits per heavy atom. The molecule has 9 atom stereocenters. The first-order valence-electron chi connectivity index (χ1n) is 12.3. The highest BCUT2D eigenvalue weighted by atomic mass is 31.2. The molecule has 2 saturated heterocycles. The van der Waals surface area contributed by atoms with Gasteiger partial charge < -0.3 is 46.9 Å². The van der Waals surface area contributed by atoms with Crippen LogP contribution in [0.25, 0.3) is 22.3 Å². The molecule has 226 valence electrons. The Bertz CT molecular complexity index is 1730. The van der Waals surface area contributed by atoms with Crippen molar-refractivity contribution in [1.29, 1.82) is 0 Å². The van der Waals surface area contributed by atoms with Crippen molar-refractivity contribution in [3.05, 3.63) is 29.3 Å². The second-order valence-electron chi connectivity index (χ2n) is 9.56. The second kappa shape index (κ2) is 10.6. The van der Waals surface area contributed by atoms with Crippen molar-refractivity contribution in [2.75, 3.05) is 24.7 Å². The number of phosphoric acid groups is 1. The molecule has 2 aliphatic rings. The molecule has 11 N–H and O–H groups in total. The van der Waals surface area contributed by atoms with E-state index in [1.54, 1.807) is 0 Å². The van der Waals surface area contributed by atoms with Gasteiger partial charge in [-0.05, 0) is 0 Å². The maximum atomic E-state index is 13.0. The molecule has 0 spiro atoms. The van der Waals surface area contributed by atoms with E-state index in [2.05, 4.69) is 29.9 Å². The average Bonchev–Trinajstić information content (AvgIpc) is 3.69. The summed E-state index contributed by atoms with van der Waals surface area (Å²) < 4.78 is 37.5. The zero-order valence-electron chi connectivity index (χ0n) is 21.3. The molecule has 0 saturated carbocycles. The number of hydrogen-bond donors (Lipinski definition) is 8. The lowest BCUT2D eigenvalue weighted by Gasteiger charge is -2.25. The highest BCUT2D eigenvalue weighted by Gasteiger charge is 2.50. The lowest BCUT2D eigenvalue weighted by Crippen LogP contribution is -2.42. The zero-order valence-corrected chi connectivity index (χ0v) is 22.2. The van der Waals surface area contributed by atoms with Gasteiger partial charge in [-0.2, -0.15) is 4.98 Å². The first-order valence-corrected chi connectivity index (χ1v) is 13.8. The standard InChI is InChI=1S/C20H26N11O10P/c21-8-6(1-32)39-19(31-5-27-10-16(31)28-20(23)29-17(10)35)13(8)41-42(36,37)38-2-7-11(33)12(34)18(40-7)30-4-26-9-14(22)24-3-25-15(9)30/h3-8,11-13,18-19,32-34H,1-2,21H2,(H,36,37)(H2,22,24,25)(H3,23,28,29,35)/t6-,7-,8-,11-,12-,13-,18-,19-/m1/s1. The van der Waals surface area contributed by atoms with Crippen LogP contribution in [0, 0.1) is 0 Å². The number of nitrogens with one attached hydrogen (secondary N) is 1. The number of anilines is 2. The molecule has 0 radical (unpaired) electrons. The van der Waals surface area contributed by atoms with Gasteiger partial charge in [0.25, 0.3) is 5.56 Å². The van der Waals surface area contributed by atoms with Crippen molar-refractivity contribution in [1.82, 2.24) is 39.0 Å². The molecule has 22 heteroatoms. The lowest BCUT2D eigenvalue weighted by molar-refractivity contribution is -0.0615. The third kappa shape index (κ3) is 4.80. The van der Waals surface area contributed by atoms with Crippen molar-refractivity contribution >= 4 is 41.9 Å². The fraction of sp³-hybridized carbons (Fsp3) is 0.500. The summed E-state index contributed by atoms with van der Waals surface area (Å²) in [6.07, 6.45) is -5.66. The largest absolute Gasteiger partial charge is 0.472 e. The molecular weight excluding hydrogens is 585 g/mol. The first kappa shape index (κ1) is 28.5. The van der Waals surface area contributed by atoms with Gasteiger partial charge in [0.15, 0.2) is 35.1 Å². The number of nitrogens with zero attached hydrogens (tertiary/aromatic N) is 7. The van der Waals surface area contributed by atoms with Gasteiger partial charge in [0.2, 0.25) is 5.95 Å². The SMILES string of the molecule is Nc1nc2c(ncn2[C@@H]2O[C@H](CO)[C@@H](N)[C@H]2OP(=O)(O)OC[C@H]2O[C@@H](n3cnc4c(N)ncnc43)[C@H](O)[C@@H]2O)c(=O)[nH]1. The van der Waals surface area contributed by atoms with Crippen LogP contribution in [0.15, 0.2) is 23.8 Å². The molecule has 4 aromatic heterocycles. The van der Waals surface area contributed by atoms with Gasteiger partial charge in [-0.15, -0.1) is 0 Å². The van der Waals surface area contributed by atoms with Crippen LogP contribution in [0.3, 0.4) is 0 Å². The van der Waals surface area contributed by atoms with Crippen LogP contribution in [0.4, 0.5) is 11.8 Å². The summed E-state index contributed by atoms with van der Waals surface area (Å²) in [5, 5.41) is 30.9. The Balaban J connectivity index is 1.19. The number of imidazole rings is 2. The maximum Gasteiger partial charge on any atom is 0.472 e. The van der Waals surface area contributed by atoms with Crippen molar-refractivity contribution < 1.29 is 43.3 Å². The van der Waals surface area contributed by atoms with E-state index < -0.39 is 75.6 Å². The van der Waals surface area contributed by atoms with Crippen molar-refractivity contribution in [3.63, 3.8) is 0 Å². The van der Waals surface area contributed by atoms with Crippen LogP contribution in [-0.2, 0) is 23.1 Å². The molecule has 2 aliphatic heterocycles.